The van der Waals surface area contributed by atoms with Crippen LogP contribution in [0.1, 0.15) is 35.4 Å². The lowest BCUT2D eigenvalue weighted by molar-refractivity contribution is -0.929. The van der Waals surface area contributed by atoms with Crippen LogP contribution in [0.15, 0.2) is 30.3 Å². The number of carbonyl (C=O) groups is 1. The van der Waals surface area contributed by atoms with Crippen molar-refractivity contribution in [2.45, 2.75) is 38.8 Å². The molecule has 120 valence electrons. The van der Waals surface area contributed by atoms with Crippen molar-refractivity contribution in [3.63, 3.8) is 0 Å². The summed E-state index contributed by atoms with van der Waals surface area (Å²) in [6.07, 6.45) is 4.26. The first-order chi connectivity index (χ1) is 11.3. The number of rotatable bonds is 4. The highest BCUT2D eigenvalue weighted by Crippen LogP contribution is 2.29. The normalized spacial score (nSPS) is 20.6. The van der Waals surface area contributed by atoms with E-state index in [9.17, 15) is 4.79 Å². The van der Waals surface area contributed by atoms with Crippen molar-refractivity contribution in [2.24, 2.45) is 5.92 Å². The van der Waals surface area contributed by atoms with E-state index in [2.05, 4.69) is 40.6 Å². The summed E-state index contributed by atoms with van der Waals surface area (Å²) in [5, 5.41) is 3.82. The molecule has 1 aromatic heterocycles. The summed E-state index contributed by atoms with van der Waals surface area (Å²) in [6, 6.07) is 10.7. The van der Waals surface area contributed by atoms with E-state index in [1.807, 2.05) is 0 Å². The molecule has 1 atom stereocenters. The summed E-state index contributed by atoms with van der Waals surface area (Å²) in [7, 11) is 0. The number of quaternary nitrogens is 1. The Hall–Kier alpha value is -1.72. The van der Waals surface area contributed by atoms with Gasteiger partial charge in [-0.2, -0.15) is 0 Å². The van der Waals surface area contributed by atoms with Gasteiger partial charge in [0.25, 0.3) is 0 Å². The molecule has 4 rings (SSSR count). The van der Waals surface area contributed by atoms with Crippen LogP contribution in [-0.2, 0) is 24.3 Å². The van der Waals surface area contributed by atoms with E-state index in [0.29, 0.717) is 0 Å². The zero-order chi connectivity index (χ0) is 15.6. The molecule has 2 aliphatic rings. The first-order valence-electron chi connectivity index (χ1n) is 8.45. The maximum atomic E-state index is 12.1. The third kappa shape index (κ3) is 3.31. The molecule has 2 heterocycles. The smallest absolute Gasteiger partial charge is 0.229 e. The molecule has 1 aliphatic heterocycles. The predicted molar refractivity (Wildman–Crippen MR) is 91.5 cm³/mol. The number of hydrogen-bond acceptors (Lipinski definition) is 3. The zero-order valence-corrected chi connectivity index (χ0v) is 14.0. The van der Waals surface area contributed by atoms with Gasteiger partial charge in [-0.3, -0.25) is 4.79 Å². The lowest BCUT2D eigenvalue weighted by Crippen LogP contribution is -3.10. The third-order valence-electron chi connectivity index (χ3n) is 4.91. The van der Waals surface area contributed by atoms with Crippen LogP contribution in [0.3, 0.4) is 0 Å². The molecular formula is C18H22N3OS+. The number of aromatic nitrogens is 1. The molecular weight excluding hydrogens is 306 g/mol. The molecule has 4 nitrogen and oxygen atoms in total. The van der Waals surface area contributed by atoms with Gasteiger partial charge in [0.1, 0.15) is 13.1 Å². The lowest BCUT2D eigenvalue weighted by Gasteiger charge is -2.23. The third-order valence-corrected chi connectivity index (χ3v) is 5.92. The minimum absolute atomic E-state index is 0.163. The summed E-state index contributed by atoms with van der Waals surface area (Å²) in [4.78, 5) is 19.6. The van der Waals surface area contributed by atoms with Crippen molar-refractivity contribution < 1.29 is 9.69 Å². The van der Waals surface area contributed by atoms with E-state index in [1.165, 1.54) is 22.6 Å². The molecule has 5 heteroatoms. The number of carbonyl (C=O) groups excluding carboxylic acids is 1. The van der Waals surface area contributed by atoms with Crippen molar-refractivity contribution in [1.82, 2.24) is 4.98 Å². The van der Waals surface area contributed by atoms with Crippen LogP contribution in [0.5, 0.6) is 0 Å². The van der Waals surface area contributed by atoms with Gasteiger partial charge in [-0.25, -0.2) is 4.98 Å². The number of anilines is 1. The minimum Gasteiger partial charge on any atom is -0.326 e. The van der Waals surface area contributed by atoms with Gasteiger partial charge in [-0.15, -0.1) is 0 Å². The zero-order valence-electron chi connectivity index (χ0n) is 13.2. The Labute approximate surface area is 140 Å². The van der Waals surface area contributed by atoms with Gasteiger partial charge >= 0.3 is 0 Å². The quantitative estimate of drug-likeness (QED) is 0.902. The molecule has 2 aromatic rings. The first kappa shape index (κ1) is 14.8. The van der Waals surface area contributed by atoms with Gasteiger partial charge in [-0.1, -0.05) is 48.1 Å². The Morgan fingerprint density at radius 3 is 2.87 bits per heavy atom. The number of nitrogens with zero attached hydrogens (tertiary/aromatic N) is 1. The second-order valence-electron chi connectivity index (χ2n) is 6.60. The van der Waals surface area contributed by atoms with Crippen LogP contribution in [-0.4, -0.2) is 17.4 Å². The predicted octanol–water partition coefficient (Wildman–Crippen LogP) is 2.02. The second kappa shape index (κ2) is 6.42. The van der Waals surface area contributed by atoms with Gasteiger partial charge in [0.15, 0.2) is 5.13 Å². The standard InChI is InChI=1S/C18H21N3OS/c22-17(14-7-4-8-14)20-18-19-15-9-10-21(12-16(15)23-18)11-13-5-2-1-3-6-13/h1-3,5-6,14H,4,7-12H2,(H,19,20,22)/p+1. The minimum atomic E-state index is 0.163. The van der Waals surface area contributed by atoms with Gasteiger partial charge in [0.05, 0.1) is 17.1 Å². The average molecular weight is 328 g/mol. The maximum absolute atomic E-state index is 12.1. The fourth-order valence-electron chi connectivity index (χ4n) is 3.29. The Morgan fingerprint density at radius 1 is 1.30 bits per heavy atom. The van der Waals surface area contributed by atoms with Gasteiger partial charge < -0.3 is 10.2 Å². The number of fused-ring (bicyclic) bond motifs is 1. The SMILES string of the molecule is O=C(Nc1nc2c(s1)C[NH+](Cc1ccccc1)CC2)C1CCC1. The summed E-state index contributed by atoms with van der Waals surface area (Å²) >= 11 is 1.67. The van der Waals surface area contributed by atoms with Crippen molar-refractivity contribution in [3.8, 4) is 0 Å². The second-order valence-corrected chi connectivity index (χ2v) is 7.68. The molecule has 1 unspecified atom stereocenters. The van der Waals surface area contributed by atoms with Crippen LogP contribution in [0.25, 0.3) is 0 Å². The molecule has 0 radical (unpaired) electrons. The Kier molecular flexibility index (Phi) is 4.14. The highest BCUT2D eigenvalue weighted by Gasteiger charge is 2.28. The summed E-state index contributed by atoms with van der Waals surface area (Å²) < 4.78 is 0. The fraction of sp³-hybridized carbons (Fsp3) is 0.444. The molecule has 0 saturated heterocycles. The van der Waals surface area contributed by atoms with E-state index in [0.717, 1.165) is 44.0 Å². The van der Waals surface area contributed by atoms with E-state index < -0.39 is 0 Å². The van der Waals surface area contributed by atoms with Crippen LogP contribution >= 0.6 is 11.3 Å². The average Bonchev–Trinajstić information content (AvgIpc) is 2.87. The number of hydrogen-bond donors (Lipinski definition) is 2. The molecule has 1 amide bonds. The van der Waals surface area contributed by atoms with Gasteiger partial charge in [0.2, 0.25) is 5.91 Å². The fourth-order valence-corrected chi connectivity index (χ4v) is 4.38. The van der Waals surface area contributed by atoms with Crippen LogP contribution in [0.4, 0.5) is 5.13 Å². The Morgan fingerprint density at radius 2 is 2.13 bits per heavy atom. The number of amides is 1. The van der Waals surface area contributed by atoms with E-state index in [4.69, 9.17) is 0 Å². The molecule has 2 N–H and O–H groups in total. The molecule has 23 heavy (non-hydrogen) atoms. The summed E-state index contributed by atoms with van der Waals surface area (Å²) in [5.41, 5.74) is 2.57. The van der Waals surface area contributed by atoms with Gasteiger partial charge in [-0.05, 0) is 12.8 Å². The highest BCUT2D eigenvalue weighted by molar-refractivity contribution is 7.15. The molecule has 0 bridgehead atoms. The first-order valence-corrected chi connectivity index (χ1v) is 9.26. The van der Waals surface area contributed by atoms with Crippen LogP contribution < -0.4 is 10.2 Å². The van der Waals surface area contributed by atoms with Gasteiger partial charge in [0, 0.05) is 17.9 Å². The topological polar surface area (TPSA) is 46.4 Å². The van der Waals surface area contributed by atoms with E-state index in [-0.39, 0.29) is 11.8 Å². The summed E-state index contributed by atoms with van der Waals surface area (Å²) in [6.45, 7) is 3.19. The van der Waals surface area contributed by atoms with Crippen LogP contribution in [0.2, 0.25) is 0 Å². The van der Waals surface area contributed by atoms with E-state index in [1.54, 1.807) is 16.2 Å². The number of benzene rings is 1. The molecule has 1 aromatic carbocycles. The van der Waals surface area contributed by atoms with E-state index >= 15 is 0 Å². The maximum Gasteiger partial charge on any atom is 0.229 e. The molecule has 0 spiro atoms. The highest BCUT2D eigenvalue weighted by atomic mass is 32.1. The van der Waals surface area contributed by atoms with Crippen LogP contribution in [0, 0.1) is 5.92 Å². The van der Waals surface area contributed by atoms with Crippen molar-refractivity contribution in [3.05, 3.63) is 46.5 Å². The Balaban J connectivity index is 1.40. The van der Waals surface area contributed by atoms with Crippen molar-refractivity contribution in [2.75, 3.05) is 11.9 Å². The largest absolute Gasteiger partial charge is 0.326 e. The summed E-state index contributed by atoms with van der Waals surface area (Å²) in [5.74, 6) is 0.381. The van der Waals surface area contributed by atoms with Crippen molar-refractivity contribution in [1.29, 1.82) is 0 Å². The molecule has 1 aliphatic carbocycles. The lowest BCUT2D eigenvalue weighted by atomic mass is 9.85. The molecule has 1 saturated carbocycles. The monoisotopic (exact) mass is 328 g/mol. The number of nitrogens with one attached hydrogen (secondary N) is 2. The Bertz CT molecular complexity index is 694. The van der Waals surface area contributed by atoms with Crippen molar-refractivity contribution >= 4 is 22.4 Å². The molecule has 1 fully saturated rings. The number of thiazole rings is 1.